The topological polar surface area (TPSA) is 55.7 Å². The average molecular weight is 202 g/mol. The standard InChI is InChI=1S/C10H22N2O2/c1-2-5-12(7-10(14)8-13)9-3-4-11-6-9/h9-11,13-14H,2-8H2,1H3. The van der Waals surface area contributed by atoms with E-state index in [4.69, 9.17) is 5.11 Å². The first-order valence-electron chi connectivity index (χ1n) is 5.51. The monoisotopic (exact) mass is 202 g/mol. The molecule has 0 bridgehead atoms. The molecule has 2 atom stereocenters. The summed E-state index contributed by atoms with van der Waals surface area (Å²) >= 11 is 0. The van der Waals surface area contributed by atoms with Crippen LogP contribution in [0.15, 0.2) is 0 Å². The van der Waals surface area contributed by atoms with E-state index < -0.39 is 6.10 Å². The summed E-state index contributed by atoms with van der Waals surface area (Å²) in [6, 6.07) is 0.538. The van der Waals surface area contributed by atoms with Crippen molar-refractivity contribution in [1.82, 2.24) is 10.2 Å². The largest absolute Gasteiger partial charge is 0.394 e. The molecule has 2 unspecified atom stereocenters. The van der Waals surface area contributed by atoms with Gasteiger partial charge in [-0.15, -0.1) is 0 Å². The quantitative estimate of drug-likeness (QED) is 0.539. The normalized spacial score (nSPS) is 24.4. The third-order valence-electron chi connectivity index (χ3n) is 2.72. The number of rotatable bonds is 6. The van der Waals surface area contributed by atoms with E-state index in [-0.39, 0.29) is 6.61 Å². The first kappa shape index (κ1) is 11.9. The zero-order chi connectivity index (χ0) is 10.4. The van der Waals surface area contributed by atoms with Crippen LogP contribution in [0.1, 0.15) is 19.8 Å². The molecule has 4 heteroatoms. The Morgan fingerprint density at radius 1 is 1.57 bits per heavy atom. The van der Waals surface area contributed by atoms with Gasteiger partial charge in [0.15, 0.2) is 0 Å². The van der Waals surface area contributed by atoms with Gasteiger partial charge in [-0.2, -0.15) is 0 Å². The van der Waals surface area contributed by atoms with Gasteiger partial charge in [0.2, 0.25) is 0 Å². The number of aliphatic hydroxyl groups is 2. The van der Waals surface area contributed by atoms with Crippen molar-refractivity contribution in [1.29, 1.82) is 0 Å². The molecule has 0 radical (unpaired) electrons. The second kappa shape index (κ2) is 6.35. The van der Waals surface area contributed by atoms with Crippen molar-refractivity contribution in [3.8, 4) is 0 Å². The minimum atomic E-state index is -0.595. The second-order valence-electron chi connectivity index (χ2n) is 3.98. The maximum Gasteiger partial charge on any atom is 0.0897 e. The van der Waals surface area contributed by atoms with Crippen LogP contribution in [-0.4, -0.2) is 60.0 Å². The van der Waals surface area contributed by atoms with Gasteiger partial charge < -0.3 is 15.5 Å². The zero-order valence-corrected chi connectivity index (χ0v) is 8.95. The van der Waals surface area contributed by atoms with Crippen molar-refractivity contribution < 1.29 is 10.2 Å². The highest BCUT2D eigenvalue weighted by Gasteiger charge is 2.23. The molecular weight excluding hydrogens is 180 g/mol. The first-order valence-corrected chi connectivity index (χ1v) is 5.51. The Labute approximate surface area is 85.9 Å². The summed E-state index contributed by atoms with van der Waals surface area (Å²) in [5.41, 5.74) is 0. The molecule has 1 rings (SSSR count). The van der Waals surface area contributed by atoms with Crippen LogP contribution in [0.25, 0.3) is 0 Å². The first-order chi connectivity index (χ1) is 6.77. The molecule has 1 heterocycles. The van der Waals surface area contributed by atoms with Crippen LogP contribution in [0.3, 0.4) is 0 Å². The Balaban J connectivity index is 2.36. The van der Waals surface area contributed by atoms with Crippen LogP contribution in [0.5, 0.6) is 0 Å². The molecule has 0 saturated carbocycles. The molecule has 0 aromatic heterocycles. The minimum Gasteiger partial charge on any atom is -0.394 e. The summed E-state index contributed by atoms with van der Waals surface area (Å²) in [4.78, 5) is 2.28. The second-order valence-corrected chi connectivity index (χ2v) is 3.98. The van der Waals surface area contributed by atoms with Crippen molar-refractivity contribution in [2.24, 2.45) is 0 Å². The molecule has 14 heavy (non-hydrogen) atoms. The summed E-state index contributed by atoms with van der Waals surface area (Å²) in [5.74, 6) is 0. The lowest BCUT2D eigenvalue weighted by Gasteiger charge is -2.29. The molecule has 0 spiro atoms. The van der Waals surface area contributed by atoms with Crippen LogP contribution in [0.2, 0.25) is 0 Å². The zero-order valence-electron chi connectivity index (χ0n) is 8.95. The van der Waals surface area contributed by atoms with E-state index in [1.54, 1.807) is 0 Å². The average Bonchev–Trinajstić information content (AvgIpc) is 2.69. The fourth-order valence-electron chi connectivity index (χ4n) is 1.99. The van der Waals surface area contributed by atoms with Crippen molar-refractivity contribution in [2.75, 3.05) is 32.8 Å². The predicted molar refractivity (Wildman–Crippen MR) is 56.2 cm³/mol. The van der Waals surface area contributed by atoms with Crippen molar-refractivity contribution in [3.63, 3.8) is 0 Å². The van der Waals surface area contributed by atoms with Crippen LogP contribution in [0, 0.1) is 0 Å². The molecule has 4 nitrogen and oxygen atoms in total. The van der Waals surface area contributed by atoms with Gasteiger partial charge in [0.1, 0.15) is 0 Å². The van der Waals surface area contributed by atoms with Gasteiger partial charge in [0.25, 0.3) is 0 Å². The molecule has 1 aliphatic rings. The Bertz CT molecular complexity index is 149. The summed E-state index contributed by atoms with van der Waals surface area (Å²) in [6.45, 7) is 5.68. The van der Waals surface area contributed by atoms with Gasteiger partial charge in [0.05, 0.1) is 12.7 Å². The molecule has 3 N–H and O–H groups in total. The lowest BCUT2D eigenvalue weighted by Crippen LogP contribution is -2.43. The number of nitrogens with zero attached hydrogens (tertiary/aromatic N) is 1. The van der Waals surface area contributed by atoms with E-state index in [9.17, 15) is 5.11 Å². The lowest BCUT2D eigenvalue weighted by molar-refractivity contribution is 0.0470. The molecule has 0 aromatic carbocycles. The molecule has 84 valence electrons. The van der Waals surface area contributed by atoms with Crippen LogP contribution < -0.4 is 5.32 Å². The summed E-state index contributed by atoms with van der Waals surface area (Å²) in [5, 5.41) is 21.5. The molecule has 0 aromatic rings. The number of nitrogens with one attached hydrogen (secondary N) is 1. The van der Waals surface area contributed by atoms with Gasteiger partial charge >= 0.3 is 0 Å². The fourth-order valence-corrected chi connectivity index (χ4v) is 1.99. The van der Waals surface area contributed by atoms with Gasteiger partial charge in [0, 0.05) is 19.1 Å². The van der Waals surface area contributed by atoms with Crippen LogP contribution in [-0.2, 0) is 0 Å². The molecular formula is C10H22N2O2. The highest BCUT2D eigenvalue weighted by Crippen LogP contribution is 2.09. The third kappa shape index (κ3) is 3.53. The van der Waals surface area contributed by atoms with E-state index in [1.165, 1.54) is 0 Å². The molecule has 0 amide bonds. The van der Waals surface area contributed by atoms with Crippen LogP contribution in [0.4, 0.5) is 0 Å². The van der Waals surface area contributed by atoms with E-state index in [0.29, 0.717) is 12.6 Å². The Hall–Kier alpha value is -0.160. The van der Waals surface area contributed by atoms with Gasteiger partial charge in [-0.3, -0.25) is 4.90 Å². The van der Waals surface area contributed by atoms with E-state index in [0.717, 1.165) is 32.5 Å². The molecule has 1 saturated heterocycles. The van der Waals surface area contributed by atoms with E-state index in [1.807, 2.05) is 0 Å². The van der Waals surface area contributed by atoms with E-state index >= 15 is 0 Å². The molecule has 1 aliphatic heterocycles. The third-order valence-corrected chi connectivity index (χ3v) is 2.72. The Morgan fingerprint density at radius 3 is 2.86 bits per heavy atom. The number of hydrogen-bond acceptors (Lipinski definition) is 4. The Kier molecular flexibility index (Phi) is 5.40. The smallest absolute Gasteiger partial charge is 0.0897 e. The molecule has 0 aliphatic carbocycles. The SMILES string of the molecule is CCCN(CC(O)CO)C1CCNC1. The highest BCUT2D eigenvalue weighted by molar-refractivity contribution is 4.81. The van der Waals surface area contributed by atoms with Gasteiger partial charge in [-0.05, 0) is 25.9 Å². The van der Waals surface area contributed by atoms with Crippen molar-refractivity contribution >= 4 is 0 Å². The Morgan fingerprint density at radius 2 is 2.36 bits per heavy atom. The number of hydrogen-bond donors (Lipinski definition) is 3. The number of aliphatic hydroxyl groups excluding tert-OH is 2. The minimum absolute atomic E-state index is 0.139. The van der Waals surface area contributed by atoms with Gasteiger partial charge in [-0.25, -0.2) is 0 Å². The lowest BCUT2D eigenvalue weighted by atomic mass is 10.2. The van der Waals surface area contributed by atoms with E-state index in [2.05, 4.69) is 17.1 Å². The summed E-state index contributed by atoms with van der Waals surface area (Å²) in [6.07, 6.45) is 1.65. The summed E-state index contributed by atoms with van der Waals surface area (Å²) < 4.78 is 0. The maximum absolute atomic E-state index is 9.40. The van der Waals surface area contributed by atoms with Gasteiger partial charge in [-0.1, -0.05) is 6.92 Å². The van der Waals surface area contributed by atoms with Crippen LogP contribution >= 0.6 is 0 Å². The van der Waals surface area contributed by atoms with Crippen molar-refractivity contribution in [2.45, 2.75) is 31.9 Å². The van der Waals surface area contributed by atoms with Crippen molar-refractivity contribution in [3.05, 3.63) is 0 Å². The maximum atomic E-state index is 9.40. The fraction of sp³-hybridized carbons (Fsp3) is 1.00. The highest BCUT2D eigenvalue weighted by atomic mass is 16.3. The predicted octanol–water partition coefficient (Wildman–Crippen LogP) is -0.586. The summed E-state index contributed by atoms with van der Waals surface area (Å²) in [7, 11) is 0. The molecule has 1 fully saturated rings.